The van der Waals surface area contributed by atoms with Crippen LogP contribution in [0.5, 0.6) is 0 Å². The van der Waals surface area contributed by atoms with E-state index < -0.39 is 55.9 Å². The molecule has 0 aliphatic rings. The Labute approximate surface area is 130 Å². The van der Waals surface area contributed by atoms with Gasteiger partial charge in [0.1, 0.15) is 0 Å². The van der Waals surface area contributed by atoms with Gasteiger partial charge in [0, 0.05) is 6.42 Å². The number of hydrogen-bond acceptors (Lipinski definition) is 6. The Morgan fingerprint density at radius 3 is 1.63 bits per heavy atom. The van der Waals surface area contributed by atoms with Crippen molar-refractivity contribution in [1.82, 2.24) is 4.90 Å². The summed E-state index contributed by atoms with van der Waals surface area (Å²) in [6.45, 7) is -1.66. The van der Waals surface area contributed by atoms with Gasteiger partial charge in [-0.1, -0.05) is 0 Å². The topological polar surface area (TPSA) is 155 Å². The van der Waals surface area contributed by atoms with Crippen molar-refractivity contribution in [3.63, 3.8) is 0 Å². The summed E-state index contributed by atoms with van der Waals surface area (Å²) in [5.41, 5.74) is 0. The van der Waals surface area contributed by atoms with Crippen LogP contribution in [-0.2, 0) is 19.2 Å². The summed E-state index contributed by atoms with van der Waals surface area (Å²) in [6.07, 6.45) is -0.966. The van der Waals surface area contributed by atoms with Gasteiger partial charge in [-0.3, -0.25) is 19.3 Å². The van der Waals surface area contributed by atoms with Crippen LogP contribution in [0.4, 0.5) is 0 Å². The quantitative estimate of drug-likeness (QED) is 0.351. The predicted octanol–water partition coefficient (Wildman–Crippen LogP) is -5.56. The van der Waals surface area contributed by atoms with Crippen molar-refractivity contribution < 1.29 is 69.2 Å². The van der Waals surface area contributed by atoms with E-state index in [0.29, 0.717) is 4.90 Å². The Morgan fingerprint density at radius 2 is 1.37 bits per heavy atom. The monoisotopic (exact) mass is 285 g/mol. The van der Waals surface area contributed by atoms with Gasteiger partial charge >= 0.3 is 47.5 Å². The minimum Gasteiger partial charge on any atom is -0.548 e. The molecule has 19 heavy (non-hydrogen) atoms. The number of nitrogens with zero attached hydrogens (tertiary/aromatic N) is 1. The van der Waals surface area contributed by atoms with Gasteiger partial charge in [-0.25, -0.2) is 0 Å². The molecule has 1 unspecified atom stereocenters. The fourth-order valence-electron chi connectivity index (χ4n) is 1.33. The predicted molar refractivity (Wildman–Crippen MR) is 52.5 cm³/mol. The first-order chi connectivity index (χ1) is 8.23. The Hall–Kier alpha value is -1.16. The van der Waals surface area contributed by atoms with E-state index in [9.17, 15) is 24.3 Å². The summed E-state index contributed by atoms with van der Waals surface area (Å²) >= 11 is 0. The summed E-state index contributed by atoms with van der Waals surface area (Å²) in [5.74, 6) is -5.82. The maximum Gasteiger partial charge on any atom is 1.00 e. The fourth-order valence-corrected chi connectivity index (χ4v) is 1.33. The number of carboxylic acids is 4. The fraction of sp³-hybridized carbons (Fsp3) is 0.556. The third-order valence-corrected chi connectivity index (χ3v) is 2.02. The molecular formula is C9H12NNaO8. The SMILES string of the molecule is O=C(O)CCC(C(=O)[O-])N(CC(=O)O)CC(=O)O.[Na+]. The van der Waals surface area contributed by atoms with Gasteiger partial charge in [0.25, 0.3) is 0 Å². The van der Waals surface area contributed by atoms with Crippen LogP contribution in [0.3, 0.4) is 0 Å². The Bertz CT molecular complexity index is 342. The molecule has 0 aromatic heterocycles. The largest absolute Gasteiger partial charge is 1.00 e. The van der Waals surface area contributed by atoms with Crippen molar-refractivity contribution in [1.29, 1.82) is 0 Å². The molecule has 0 bridgehead atoms. The third-order valence-electron chi connectivity index (χ3n) is 2.02. The molecule has 0 rings (SSSR count). The van der Waals surface area contributed by atoms with Crippen LogP contribution in [0.25, 0.3) is 0 Å². The van der Waals surface area contributed by atoms with Gasteiger partial charge in [-0.2, -0.15) is 0 Å². The summed E-state index contributed by atoms with van der Waals surface area (Å²) in [4.78, 5) is 42.7. The van der Waals surface area contributed by atoms with Crippen LogP contribution < -0.4 is 34.7 Å². The molecule has 0 saturated carbocycles. The average Bonchev–Trinajstić information content (AvgIpc) is 2.14. The van der Waals surface area contributed by atoms with Gasteiger partial charge in [0.2, 0.25) is 0 Å². The van der Waals surface area contributed by atoms with Crippen molar-refractivity contribution in [2.24, 2.45) is 0 Å². The molecule has 1 atom stereocenters. The van der Waals surface area contributed by atoms with E-state index in [2.05, 4.69) is 0 Å². The number of rotatable bonds is 9. The zero-order valence-corrected chi connectivity index (χ0v) is 12.2. The molecule has 0 aliphatic heterocycles. The summed E-state index contributed by atoms with van der Waals surface area (Å²) in [7, 11) is 0. The first-order valence-corrected chi connectivity index (χ1v) is 4.84. The summed E-state index contributed by atoms with van der Waals surface area (Å²) < 4.78 is 0. The Morgan fingerprint density at radius 1 is 0.947 bits per heavy atom. The molecule has 0 aliphatic carbocycles. The first kappa shape index (κ1) is 20.2. The van der Waals surface area contributed by atoms with E-state index >= 15 is 0 Å². The van der Waals surface area contributed by atoms with Crippen molar-refractivity contribution in [2.45, 2.75) is 18.9 Å². The Kier molecular flexibility index (Phi) is 10.3. The van der Waals surface area contributed by atoms with Crippen molar-refractivity contribution in [3.05, 3.63) is 0 Å². The molecule has 0 heterocycles. The van der Waals surface area contributed by atoms with Crippen molar-refractivity contribution in [3.8, 4) is 0 Å². The maximum atomic E-state index is 10.8. The molecule has 0 radical (unpaired) electrons. The summed E-state index contributed by atoms with van der Waals surface area (Å²) in [5, 5.41) is 36.3. The van der Waals surface area contributed by atoms with Crippen LogP contribution >= 0.6 is 0 Å². The minimum atomic E-state index is -1.71. The molecule has 0 aromatic carbocycles. The number of carboxylic acid groups (broad SMARTS) is 4. The number of aliphatic carboxylic acids is 4. The van der Waals surface area contributed by atoms with Crippen LogP contribution in [0.1, 0.15) is 12.8 Å². The second-order valence-corrected chi connectivity index (χ2v) is 3.46. The molecule has 0 amide bonds. The van der Waals surface area contributed by atoms with Crippen LogP contribution in [0.15, 0.2) is 0 Å². The normalized spacial score (nSPS) is 11.4. The molecule has 0 saturated heterocycles. The van der Waals surface area contributed by atoms with E-state index in [0.717, 1.165) is 0 Å². The zero-order chi connectivity index (χ0) is 14.3. The van der Waals surface area contributed by atoms with Crippen molar-refractivity contribution in [2.75, 3.05) is 13.1 Å². The average molecular weight is 285 g/mol. The molecule has 0 fully saturated rings. The van der Waals surface area contributed by atoms with E-state index in [1.165, 1.54) is 0 Å². The number of hydrogen-bond donors (Lipinski definition) is 3. The second kappa shape index (κ2) is 9.73. The molecule has 0 aromatic rings. The molecule has 10 heteroatoms. The zero-order valence-electron chi connectivity index (χ0n) is 10.2. The smallest absolute Gasteiger partial charge is 0.548 e. The van der Waals surface area contributed by atoms with E-state index in [1.54, 1.807) is 0 Å². The van der Waals surface area contributed by atoms with Gasteiger partial charge in [-0.05, 0) is 6.42 Å². The van der Waals surface area contributed by atoms with Gasteiger partial charge in [0.05, 0.1) is 25.1 Å². The van der Waals surface area contributed by atoms with Crippen LogP contribution in [0.2, 0.25) is 0 Å². The van der Waals surface area contributed by atoms with E-state index in [4.69, 9.17) is 15.3 Å². The minimum absolute atomic E-state index is 0. The first-order valence-electron chi connectivity index (χ1n) is 4.84. The summed E-state index contributed by atoms with van der Waals surface area (Å²) in [6, 6.07) is -1.58. The standard InChI is InChI=1S/C9H13NO8.Na/c11-6(12)2-1-5(9(17)18)10(3-7(13)14)4-8(15)16;/h5H,1-4H2,(H,11,12)(H,13,14)(H,15,16)(H,17,18);/q;+1/p-1. The van der Waals surface area contributed by atoms with Gasteiger partial charge in [0.15, 0.2) is 0 Å². The molecule has 102 valence electrons. The molecule has 3 N–H and O–H groups in total. The molecule has 9 nitrogen and oxygen atoms in total. The number of carbonyl (C=O) groups is 4. The number of carbonyl (C=O) groups excluding carboxylic acids is 1. The van der Waals surface area contributed by atoms with Crippen molar-refractivity contribution >= 4 is 23.9 Å². The van der Waals surface area contributed by atoms with Gasteiger partial charge in [-0.15, -0.1) is 0 Å². The van der Waals surface area contributed by atoms with E-state index in [1.807, 2.05) is 0 Å². The Balaban J connectivity index is 0. The van der Waals surface area contributed by atoms with E-state index in [-0.39, 0.29) is 29.6 Å². The molecule has 0 spiro atoms. The third kappa shape index (κ3) is 9.42. The van der Waals surface area contributed by atoms with Crippen LogP contribution in [-0.4, -0.2) is 63.2 Å². The second-order valence-electron chi connectivity index (χ2n) is 3.46. The molecular weight excluding hydrogens is 273 g/mol. The van der Waals surface area contributed by atoms with Crippen LogP contribution in [0, 0.1) is 0 Å². The maximum absolute atomic E-state index is 10.8. The van der Waals surface area contributed by atoms with Gasteiger partial charge < -0.3 is 25.2 Å².